The number of nitriles is 1. The lowest BCUT2D eigenvalue weighted by Crippen LogP contribution is -2.71. The minimum absolute atomic E-state index is 0.432. The molecule has 0 heterocycles. The molecule has 0 aromatic rings. The Balaban J connectivity index is 6.48. The quantitative estimate of drug-likeness (QED) is 0.274. The molecule has 142 valence electrons. The predicted molar refractivity (Wildman–Crippen MR) is 64.8 cm³/mol. The minimum Gasteiger partial charge on any atom is -0.217 e. The van der Waals surface area contributed by atoms with Crippen molar-refractivity contribution in [2.45, 2.75) is 37.7 Å². The molecule has 0 unspecified atom stereocenters. The van der Waals surface area contributed by atoms with Crippen LogP contribution >= 0.6 is 47.8 Å². The molecule has 0 saturated heterocycles. The van der Waals surface area contributed by atoms with Crippen molar-refractivity contribution in [2.75, 3.05) is 0 Å². The third-order valence-electron chi connectivity index (χ3n) is 2.47. The predicted octanol–water partition coefficient (Wildman–Crippen LogP) is 6.16. The third-order valence-corrected chi connectivity index (χ3v) is 4.96. The molecule has 0 fully saturated rings. The van der Waals surface area contributed by atoms with E-state index in [1.807, 2.05) is 0 Å². The largest absolute Gasteiger partial charge is 0.386 e. The van der Waals surface area contributed by atoms with Crippen LogP contribution in [-0.4, -0.2) is 37.7 Å². The van der Waals surface area contributed by atoms with Gasteiger partial charge < -0.3 is 0 Å². The summed E-state index contributed by atoms with van der Waals surface area (Å²) in [4.78, 5) is -6.01. The van der Waals surface area contributed by atoms with E-state index in [-0.39, 0.29) is 0 Å². The average molecular weight is 578 g/mol. The molecule has 0 N–H and O–H groups in total. The first-order valence-corrected chi connectivity index (χ1v) is 7.19. The Morgan fingerprint density at radius 1 is 0.542 bits per heavy atom. The van der Waals surface area contributed by atoms with Gasteiger partial charge in [-0.2, -0.15) is 49.2 Å². The Kier molecular flexibility index (Phi) is 6.09. The number of nitrogens with zero attached hydrogens (tertiary/aromatic N) is 1. The highest BCUT2D eigenvalue weighted by molar-refractivity contribution is 9.10. The van der Waals surface area contributed by atoms with Gasteiger partial charge in [-0.25, -0.2) is 8.78 Å². The zero-order valence-electron chi connectivity index (χ0n) is 10.1. The number of rotatable bonds is 6. The van der Waals surface area contributed by atoms with Crippen molar-refractivity contribution in [3.8, 4) is 6.07 Å². The summed E-state index contributed by atoms with van der Waals surface area (Å²) in [7, 11) is 0. The summed E-state index contributed by atoms with van der Waals surface area (Å²) in [6.45, 7) is 0. The van der Waals surface area contributed by atoms with Crippen molar-refractivity contribution in [1.82, 2.24) is 0 Å². The molecule has 0 aromatic heterocycles. The molecule has 16 heteroatoms. The molecule has 1 nitrogen and oxygen atoms in total. The second-order valence-electron chi connectivity index (χ2n) is 4.06. The van der Waals surface area contributed by atoms with E-state index in [2.05, 4.69) is 0 Å². The van der Waals surface area contributed by atoms with Gasteiger partial charge in [-0.05, 0) is 47.8 Å². The Morgan fingerprint density at radius 2 is 0.875 bits per heavy atom. The van der Waals surface area contributed by atoms with Crippen LogP contribution in [0.5, 0.6) is 0 Å². The lowest BCUT2D eigenvalue weighted by atomic mass is 9.95. The highest BCUT2D eigenvalue weighted by Crippen LogP contribution is 2.65. The Bertz CT molecular complexity index is 531. The molecule has 0 saturated carbocycles. The van der Waals surface area contributed by atoms with Crippen molar-refractivity contribution in [2.24, 2.45) is 0 Å². The van der Waals surface area contributed by atoms with Crippen LogP contribution in [0, 0.1) is 11.3 Å². The second-order valence-corrected chi connectivity index (χ2v) is 7.24. The standard InChI is InChI=1S/C8Br3F12N/c9-3(14,2(12,13)1-24)5(16,17)4(10,15)6(18,19)7(20,21)8(11,22)23/t3-,4+/m0/s1. The molecule has 0 aliphatic heterocycles. The van der Waals surface area contributed by atoms with Crippen LogP contribution in [0.2, 0.25) is 0 Å². The van der Waals surface area contributed by atoms with Gasteiger partial charge in [0.2, 0.25) is 0 Å². The van der Waals surface area contributed by atoms with E-state index in [0.29, 0.717) is 31.9 Å². The molecule has 0 rings (SSSR count). The Hall–Kier alpha value is 0.0900. The summed E-state index contributed by atoms with van der Waals surface area (Å²) >= 11 is 2.09. The van der Waals surface area contributed by atoms with Gasteiger partial charge in [0.25, 0.3) is 0 Å². The third kappa shape index (κ3) is 3.01. The van der Waals surface area contributed by atoms with Crippen LogP contribution in [-0.2, 0) is 0 Å². The van der Waals surface area contributed by atoms with Gasteiger partial charge in [-0.15, -0.1) is 0 Å². The van der Waals surface area contributed by atoms with Crippen LogP contribution in [0.3, 0.4) is 0 Å². The minimum atomic E-state index is -7.16. The normalized spacial score (nSPS) is 20.1. The van der Waals surface area contributed by atoms with Crippen molar-refractivity contribution in [3.63, 3.8) is 0 Å². The van der Waals surface area contributed by atoms with Crippen LogP contribution in [0.1, 0.15) is 0 Å². The fraction of sp³-hybridized carbons (Fsp3) is 0.875. The molecule has 24 heavy (non-hydrogen) atoms. The topological polar surface area (TPSA) is 23.8 Å². The first-order valence-electron chi connectivity index (χ1n) is 4.81. The van der Waals surface area contributed by atoms with E-state index in [0.717, 1.165) is 15.9 Å². The number of hydrogen-bond acceptors (Lipinski definition) is 1. The molecule has 0 amide bonds. The van der Waals surface area contributed by atoms with Crippen LogP contribution < -0.4 is 0 Å². The van der Waals surface area contributed by atoms with Crippen molar-refractivity contribution in [1.29, 1.82) is 5.26 Å². The summed E-state index contributed by atoms with van der Waals surface area (Å²) in [5.74, 6) is -26.9. The molecule has 0 bridgehead atoms. The molecule has 0 aliphatic carbocycles. The van der Waals surface area contributed by atoms with Gasteiger partial charge in [0, 0.05) is 0 Å². The summed E-state index contributed by atoms with van der Waals surface area (Å²) in [5, 5.41) is 7.85. The van der Waals surface area contributed by atoms with Gasteiger partial charge in [0.05, 0.1) is 0 Å². The van der Waals surface area contributed by atoms with Gasteiger partial charge in [0.1, 0.15) is 6.07 Å². The molecule has 2 atom stereocenters. The van der Waals surface area contributed by atoms with Crippen molar-refractivity contribution in [3.05, 3.63) is 0 Å². The van der Waals surface area contributed by atoms with E-state index in [1.54, 1.807) is 0 Å². The van der Waals surface area contributed by atoms with E-state index < -0.39 is 43.7 Å². The first kappa shape index (κ1) is 24.1. The lowest BCUT2D eigenvalue weighted by Gasteiger charge is -2.43. The molecular weight excluding hydrogens is 578 g/mol. The highest BCUT2D eigenvalue weighted by Gasteiger charge is 2.89. The second kappa shape index (κ2) is 6.07. The number of hydrogen-bond donors (Lipinski definition) is 0. The van der Waals surface area contributed by atoms with Gasteiger partial charge >= 0.3 is 37.7 Å². The SMILES string of the molecule is N#CC(F)(F)[C@@](F)(Br)C(F)(F)[C@](F)(Br)C(F)(F)C(F)(F)C(F)(F)Br. The van der Waals surface area contributed by atoms with Gasteiger partial charge in [-0.3, -0.25) is 0 Å². The summed E-state index contributed by atoms with van der Waals surface area (Å²) in [6, 6.07) is -0.432. The maximum absolute atomic E-state index is 13.7. The number of alkyl halides is 15. The van der Waals surface area contributed by atoms with Crippen molar-refractivity contribution >= 4 is 47.8 Å². The van der Waals surface area contributed by atoms with E-state index >= 15 is 0 Å². The zero-order chi connectivity index (χ0) is 20.2. The van der Waals surface area contributed by atoms with E-state index in [1.165, 1.54) is 0 Å². The average Bonchev–Trinajstić information content (AvgIpc) is 2.36. The van der Waals surface area contributed by atoms with E-state index in [4.69, 9.17) is 5.26 Å². The van der Waals surface area contributed by atoms with Crippen molar-refractivity contribution < 1.29 is 52.7 Å². The lowest BCUT2D eigenvalue weighted by molar-refractivity contribution is -0.340. The molecule has 0 radical (unpaired) electrons. The van der Waals surface area contributed by atoms with Crippen LogP contribution in [0.4, 0.5) is 52.7 Å². The Labute approximate surface area is 149 Å². The molecular formula is C8Br3F12N. The Morgan fingerprint density at radius 3 is 1.12 bits per heavy atom. The number of halogens is 15. The molecule has 0 aromatic carbocycles. The fourth-order valence-corrected chi connectivity index (χ4v) is 2.44. The first-order chi connectivity index (χ1) is 10.1. The smallest absolute Gasteiger partial charge is 0.217 e. The van der Waals surface area contributed by atoms with Crippen LogP contribution in [0.15, 0.2) is 0 Å². The maximum Gasteiger partial charge on any atom is 0.386 e. The maximum atomic E-state index is 13.7. The molecule has 0 spiro atoms. The molecule has 0 aliphatic rings. The van der Waals surface area contributed by atoms with E-state index in [9.17, 15) is 52.7 Å². The summed E-state index contributed by atoms with van der Waals surface area (Å²) in [5.41, 5.74) is 0. The van der Waals surface area contributed by atoms with Crippen LogP contribution in [0.25, 0.3) is 0 Å². The summed E-state index contributed by atoms with van der Waals surface area (Å²) < 4.78 is 145. The monoisotopic (exact) mass is 575 g/mol. The van der Waals surface area contributed by atoms with Gasteiger partial charge in [0.15, 0.2) is 0 Å². The summed E-state index contributed by atoms with van der Waals surface area (Å²) in [6.07, 6.45) is 0. The fourth-order valence-electron chi connectivity index (χ4n) is 1.04. The highest BCUT2D eigenvalue weighted by atomic mass is 79.9. The zero-order valence-corrected chi connectivity index (χ0v) is 14.9. The van der Waals surface area contributed by atoms with Gasteiger partial charge in [-0.1, -0.05) is 0 Å².